The van der Waals surface area contributed by atoms with Gasteiger partial charge in [-0.15, -0.1) is 0 Å². The molecule has 3 rings (SSSR count). The summed E-state index contributed by atoms with van der Waals surface area (Å²) >= 11 is 0. The van der Waals surface area contributed by atoms with Crippen molar-refractivity contribution in [2.24, 2.45) is 0 Å². The number of hydrogen-bond donors (Lipinski definition) is 1. The number of nitrogens with one attached hydrogen (secondary N) is 1. The van der Waals surface area contributed by atoms with E-state index in [9.17, 15) is 13.6 Å². The van der Waals surface area contributed by atoms with Crippen molar-refractivity contribution >= 4 is 5.91 Å². The first-order valence-corrected chi connectivity index (χ1v) is 9.34. The molecular weight excluding hydrogens is 382 g/mol. The normalized spacial score (nSPS) is 14.6. The summed E-state index contributed by atoms with van der Waals surface area (Å²) in [5.74, 6) is -0.423. The van der Waals surface area contributed by atoms with E-state index < -0.39 is 6.61 Å². The van der Waals surface area contributed by atoms with Gasteiger partial charge in [0.2, 0.25) is 0 Å². The Kier molecular flexibility index (Phi) is 7.37. The Morgan fingerprint density at radius 1 is 1.14 bits per heavy atom. The number of ether oxygens (including phenoxy) is 3. The second kappa shape index (κ2) is 10.2. The lowest BCUT2D eigenvalue weighted by Crippen LogP contribution is -2.36. The SMILES string of the molecule is COc1ccc(C(=O)NCc2ccccc2CN2CCOCC2)cc1OC(F)F. The zero-order valence-electron chi connectivity index (χ0n) is 16.2. The molecule has 1 N–H and O–H groups in total. The molecule has 0 saturated carbocycles. The summed E-state index contributed by atoms with van der Waals surface area (Å²) in [6, 6.07) is 12.1. The van der Waals surface area contributed by atoms with Gasteiger partial charge in [0.25, 0.3) is 5.91 Å². The van der Waals surface area contributed by atoms with Crippen LogP contribution < -0.4 is 14.8 Å². The predicted octanol–water partition coefficient (Wildman–Crippen LogP) is 3.06. The quantitative estimate of drug-likeness (QED) is 0.730. The molecule has 0 unspecified atom stereocenters. The number of benzene rings is 2. The number of morpholine rings is 1. The summed E-state index contributed by atoms with van der Waals surface area (Å²) in [5.41, 5.74) is 2.35. The highest BCUT2D eigenvalue weighted by molar-refractivity contribution is 5.94. The third kappa shape index (κ3) is 5.88. The van der Waals surface area contributed by atoms with Gasteiger partial charge in [0.1, 0.15) is 0 Å². The Labute approximate surface area is 168 Å². The molecule has 1 saturated heterocycles. The van der Waals surface area contributed by atoms with Crippen LogP contribution in [-0.2, 0) is 17.8 Å². The van der Waals surface area contributed by atoms with E-state index in [1.54, 1.807) is 0 Å². The van der Waals surface area contributed by atoms with Crippen LogP contribution in [0.25, 0.3) is 0 Å². The third-order valence-electron chi connectivity index (χ3n) is 4.70. The highest BCUT2D eigenvalue weighted by atomic mass is 19.3. The van der Waals surface area contributed by atoms with Crippen LogP contribution in [0.2, 0.25) is 0 Å². The number of nitrogens with zero attached hydrogens (tertiary/aromatic N) is 1. The molecular formula is C21H24F2N2O4. The Morgan fingerprint density at radius 2 is 1.86 bits per heavy atom. The monoisotopic (exact) mass is 406 g/mol. The van der Waals surface area contributed by atoms with E-state index in [2.05, 4.69) is 15.0 Å². The van der Waals surface area contributed by atoms with Crippen molar-refractivity contribution in [1.82, 2.24) is 10.2 Å². The maximum atomic E-state index is 12.6. The molecule has 1 fully saturated rings. The predicted molar refractivity (Wildman–Crippen MR) is 103 cm³/mol. The van der Waals surface area contributed by atoms with Crippen LogP contribution in [0.15, 0.2) is 42.5 Å². The summed E-state index contributed by atoms with van der Waals surface area (Å²) in [7, 11) is 1.35. The molecule has 0 radical (unpaired) electrons. The van der Waals surface area contributed by atoms with Crippen molar-refractivity contribution in [1.29, 1.82) is 0 Å². The molecule has 0 bridgehead atoms. The van der Waals surface area contributed by atoms with Crippen LogP contribution in [0.4, 0.5) is 8.78 Å². The van der Waals surface area contributed by atoms with Gasteiger partial charge in [-0.3, -0.25) is 9.69 Å². The molecule has 1 amide bonds. The summed E-state index contributed by atoms with van der Waals surface area (Å²) in [5, 5.41) is 2.84. The summed E-state index contributed by atoms with van der Waals surface area (Å²) in [4.78, 5) is 14.8. The molecule has 0 aliphatic carbocycles. The second-order valence-electron chi connectivity index (χ2n) is 6.58. The van der Waals surface area contributed by atoms with Crippen molar-refractivity contribution in [3.63, 3.8) is 0 Å². The average Bonchev–Trinajstić information content (AvgIpc) is 2.73. The number of methoxy groups -OCH3 is 1. The lowest BCUT2D eigenvalue weighted by Gasteiger charge is -2.27. The number of rotatable bonds is 8. The van der Waals surface area contributed by atoms with Crippen molar-refractivity contribution in [2.45, 2.75) is 19.7 Å². The number of carbonyl (C=O) groups is 1. The lowest BCUT2D eigenvalue weighted by atomic mass is 10.1. The van der Waals surface area contributed by atoms with Gasteiger partial charge >= 0.3 is 6.61 Å². The van der Waals surface area contributed by atoms with Gasteiger partial charge in [-0.1, -0.05) is 24.3 Å². The zero-order valence-corrected chi connectivity index (χ0v) is 16.2. The van der Waals surface area contributed by atoms with Gasteiger partial charge < -0.3 is 19.5 Å². The van der Waals surface area contributed by atoms with Crippen LogP contribution in [0, 0.1) is 0 Å². The minimum Gasteiger partial charge on any atom is -0.493 e. The molecule has 1 heterocycles. The molecule has 0 spiro atoms. The molecule has 2 aromatic carbocycles. The summed E-state index contributed by atoms with van der Waals surface area (Å²) in [6.07, 6.45) is 0. The van der Waals surface area contributed by atoms with Gasteiger partial charge in [-0.05, 0) is 29.3 Å². The minimum absolute atomic E-state index is 0.137. The lowest BCUT2D eigenvalue weighted by molar-refractivity contribution is -0.0512. The maximum Gasteiger partial charge on any atom is 0.387 e. The first kappa shape index (κ1) is 21.0. The largest absolute Gasteiger partial charge is 0.493 e. The zero-order chi connectivity index (χ0) is 20.6. The fourth-order valence-corrected chi connectivity index (χ4v) is 3.17. The summed E-state index contributed by atoms with van der Waals surface area (Å²) < 4.78 is 40.0. The average molecular weight is 406 g/mol. The Bertz CT molecular complexity index is 826. The molecule has 0 atom stereocenters. The van der Waals surface area contributed by atoms with Crippen LogP contribution in [0.3, 0.4) is 0 Å². The van der Waals surface area contributed by atoms with E-state index in [-0.39, 0.29) is 23.0 Å². The minimum atomic E-state index is -3.01. The number of amides is 1. The molecule has 2 aromatic rings. The highest BCUT2D eigenvalue weighted by Gasteiger charge is 2.16. The van der Waals surface area contributed by atoms with Gasteiger partial charge in [0, 0.05) is 31.7 Å². The topological polar surface area (TPSA) is 60.0 Å². The Balaban J connectivity index is 1.66. The number of carbonyl (C=O) groups excluding carboxylic acids is 1. The number of halogens is 2. The standard InChI is InChI=1S/C21H24F2N2O4/c1-27-18-7-6-15(12-19(18)29-21(22)23)20(26)24-13-16-4-2-3-5-17(16)14-25-8-10-28-11-9-25/h2-7,12,21H,8-11,13-14H2,1H3,(H,24,26). The van der Waals surface area contributed by atoms with E-state index in [4.69, 9.17) is 9.47 Å². The second-order valence-corrected chi connectivity index (χ2v) is 6.58. The molecule has 156 valence electrons. The van der Waals surface area contributed by atoms with Crippen molar-refractivity contribution in [2.75, 3.05) is 33.4 Å². The first-order valence-electron chi connectivity index (χ1n) is 9.34. The Morgan fingerprint density at radius 3 is 2.55 bits per heavy atom. The van der Waals surface area contributed by atoms with Gasteiger partial charge in [-0.25, -0.2) is 0 Å². The van der Waals surface area contributed by atoms with E-state index in [0.29, 0.717) is 6.54 Å². The van der Waals surface area contributed by atoms with E-state index in [0.717, 1.165) is 44.0 Å². The smallest absolute Gasteiger partial charge is 0.387 e. The molecule has 6 nitrogen and oxygen atoms in total. The van der Waals surface area contributed by atoms with Crippen LogP contribution in [0.5, 0.6) is 11.5 Å². The van der Waals surface area contributed by atoms with E-state index in [1.807, 2.05) is 24.3 Å². The first-order chi connectivity index (χ1) is 14.1. The molecule has 29 heavy (non-hydrogen) atoms. The van der Waals surface area contributed by atoms with Crippen molar-refractivity contribution in [3.8, 4) is 11.5 Å². The van der Waals surface area contributed by atoms with Gasteiger partial charge in [-0.2, -0.15) is 8.78 Å². The summed E-state index contributed by atoms with van der Waals surface area (Å²) in [6.45, 7) is 1.30. The van der Waals surface area contributed by atoms with Crippen molar-refractivity contribution < 1.29 is 27.8 Å². The molecule has 0 aromatic heterocycles. The van der Waals surface area contributed by atoms with Gasteiger partial charge in [0.05, 0.1) is 20.3 Å². The molecule has 1 aliphatic heterocycles. The number of hydrogen-bond acceptors (Lipinski definition) is 5. The van der Waals surface area contributed by atoms with E-state index >= 15 is 0 Å². The van der Waals surface area contributed by atoms with Crippen LogP contribution in [-0.4, -0.2) is 50.8 Å². The highest BCUT2D eigenvalue weighted by Crippen LogP contribution is 2.29. The fourth-order valence-electron chi connectivity index (χ4n) is 3.17. The Hall–Kier alpha value is -2.71. The maximum absolute atomic E-state index is 12.6. The van der Waals surface area contributed by atoms with Crippen LogP contribution >= 0.6 is 0 Å². The third-order valence-corrected chi connectivity index (χ3v) is 4.70. The fraction of sp³-hybridized carbons (Fsp3) is 0.381. The van der Waals surface area contributed by atoms with Gasteiger partial charge in [0.15, 0.2) is 11.5 Å². The van der Waals surface area contributed by atoms with Crippen LogP contribution in [0.1, 0.15) is 21.5 Å². The van der Waals surface area contributed by atoms with E-state index in [1.165, 1.54) is 25.3 Å². The molecule has 1 aliphatic rings. The molecule has 8 heteroatoms. The number of alkyl halides is 2. The van der Waals surface area contributed by atoms with Crippen molar-refractivity contribution in [3.05, 3.63) is 59.2 Å².